The molecular formula is C24H37N3O3. The van der Waals surface area contributed by atoms with Crippen LogP contribution >= 0.6 is 0 Å². The van der Waals surface area contributed by atoms with Gasteiger partial charge >= 0.3 is 6.03 Å². The van der Waals surface area contributed by atoms with Gasteiger partial charge in [-0.05, 0) is 68.3 Å². The van der Waals surface area contributed by atoms with Crippen LogP contribution in [0, 0.1) is 0 Å². The van der Waals surface area contributed by atoms with Crippen molar-refractivity contribution in [3.8, 4) is 5.75 Å². The minimum absolute atomic E-state index is 0.206. The first kappa shape index (κ1) is 21.4. The highest BCUT2D eigenvalue weighted by molar-refractivity contribution is 5.74. The number of urea groups is 1. The van der Waals surface area contributed by atoms with Gasteiger partial charge in [0.15, 0.2) is 0 Å². The number of amides is 2. The van der Waals surface area contributed by atoms with Crippen molar-refractivity contribution in [3.63, 3.8) is 0 Å². The molecule has 2 saturated heterocycles. The molecule has 6 nitrogen and oxygen atoms in total. The van der Waals surface area contributed by atoms with E-state index in [0.717, 1.165) is 64.2 Å². The number of aryl methyl sites for hydroxylation is 1. The zero-order valence-electron chi connectivity index (χ0n) is 18.6. The van der Waals surface area contributed by atoms with Gasteiger partial charge in [-0.15, -0.1) is 0 Å². The van der Waals surface area contributed by atoms with Gasteiger partial charge in [-0.25, -0.2) is 4.79 Å². The lowest BCUT2D eigenvalue weighted by Crippen LogP contribution is -2.54. The Hall–Kier alpha value is -1.79. The second kappa shape index (κ2) is 10.0. The number of benzene rings is 1. The number of ether oxygens (including phenoxy) is 2. The van der Waals surface area contributed by atoms with Crippen molar-refractivity contribution in [2.24, 2.45) is 0 Å². The van der Waals surface area contributed by atoms with E-state index in [4.69, 9.17) is 9.47 Å². The van der Waals surface area contributed by atoms with Gasteiger partial charge in [-0.1, -0.05) is 13.0 Å². The number of likely N-dealkylation sites (tertiary alicyclic amines) is 1. The zero-order chi connectivity index (χ0) is 20.9. The molecule has 2 fully saturated rings. The quantitative estimate of drug-likeness (QED) is 0.741. The highest BCUT2D eigenvalue weighted by Crippen LogP contribution is 2.31. The van der Waals surface area contributed by atoms with Gasteiger partial charge in [0.1, 0.15) is 5.75 Å². The van der Waals surface area contributed by atoms with E-state index in [9.17, 15) is 4.79 Å². The van der Waals surface area contributed by atoms with Gasteiger partial charge in [0.2, 0.25) is 0 Å². The average molecular weight is 416 g/mol. The predicted molar refractivity (Wildman–Crippen MR) is 118 cm³/mol. The van der Waals surface area contributed by atoms with Crippen molar-refractivity contribution < 1.29 is 14.3 Å². The number of fused-ring (bicyclic) bond motifs is 1. The predicted octanol–water partition coefficient (Wildman–Crippen LogP) is 3.18. The molecule has 1 aromatic carbocycles. The van der Waals surface area contributed by atoms with Crippen LogP contribution in [-0.4, -0.2) is 85.9 Å². The summed E-state index contributed by atoms with van der Waals surface area (Å²) in [4.78, 5) is 19.6. The number of morpholine rings is 1. The van der Waals surface area contributed by atoms with E-state index in [1.165, 1.54) is 24.0 Å². The third kappa shape index (κ3) is 4.75. The molecule has 6 heteroatoms. The van der Waals surface area contributed by atoms with Crippen molar-refractivity contribution in [3.05, 3.63) is 29.3 Å². The third-order valence-electron chi connectivity index (χ3n) is 7.05. The Morgan fingerprint density at radius 2 is 1.80 bits per heavy atom. The summed E-state index contributed by atoms with van der Waals surface area (Å²) in [5.41, 5.74) is 2.93. The molecular weight excluding hydrogens is 378 g/mol. The Morgan fingerprint density at radius 3 is 2.50 bits per heavy atom. The lowest BCUT2D eigenvalue weighted by molar-refractivity contribution is 0.0330. The van der Waals surface area contributed by atoms with Crippen LogP contribution in [0.25, 0.3) is 0 Å². The third-order valence-corrected chi connectivity index (χ3v) is 7.05. The number of piperidine rings is 1. The summed E-state index contributed by atoms with van der Waals surface area (Å²) in [7, 11) is 1.75. The molecule has 2 amide bonds. The maximum atomic E-state index is 12.8. The molecule has 0 spiro atoms. The molecule has 1 atom stereocenters. The Balaban J connectivity index is 1.37. The lowest BCUT2D eigenvalue weighted by atomic mass is 9.86. The van der Waals surface area contributed by atoms with E-state index in [1.54, 1.807) is 7.11 Å². The molecule has 4 rings (SSSR count). The van der Waals surface area contributed by atoms with Crippen LogP contribution in [0.1, 0.15) is 43.7 Å². The average Bonchev–Trinajstić information content (AvgIpc) is 2.82. The fourth-order valence-electron chi connectivity index (χ4n) is 5.39. The van der Waals surface area contributed by atoms with Gasteiger partial charge in [0.25, 0.3) is 0 Å². The summed E-state index contributed by atoms with van der Waals surface area (Å²) in [6, 6.07) is 7.94. The smallest absolute Gasteiger partial charge is 0.320 e. The second-order valence-corrected chi connectivity index (χ2v) is 8.87. The van der Waals surface area contributed by atoms with Crippen LogP contribution in [-0.2, 0) is 17.6 Å². The number of methoxy groups -OCH3 is 1. The molecule has 0 N–H and O–H groups in total. The van der Waals surface area contributed by atoms with Crippen molar-refractivity contribution >= 4 is 6.03 Å². The zero-order valence-corrected chi connectivity index (χ0v) is 18.6. The van der Waals surface area contributed by atoms with Crippen molar-refractivity contribution in [2.75, 3.05) is 53.0 Å². The monoisotopic (exact) mass is 415 g/mol. The molecule has 1 aliphatic carbocycles. The largest absolute Gasteiger partial charge is 0.497 e. The van der Waals surface area contributed by atoms with Crippen LogP contribution in [0.2, 0.25) is 0 Å². The summed E-state index contributed by atoms with van der Waals surface area (Å²) in [5, 5.41) is 0. The molecule has 2 heterocycles. The van der Waals surface area contributed by atoms with Gasteiger partial charge in [0.05, 0.1) is 20.3 Å². The van der Waals surface area contributed by atoms with Gasteiger partial charge < -0.3 is 19.3 Å². The Labute approximate surface area is 181 Å². The van der Waals surface area contributed by atoms with Crippen LogP contribution in [0.15, 0.2) is 18.2 Å². The van der Waals surface area contributed by atoms with E-state index in [1.807, 2.05) is 4.90 Å². The van der Waals surface area contributed by atoms with Crippen LogP contribution < -0.4 is 4.74 Å². The lowest BCUT2D eigenvalue weighted by Gasteiger charge is -2.44. The maximum Gasteiger partial charge on any atom is 0.320 e. The fourth-order valence-corrected chi connectivity index (χ4v) is 5.39. The summed E-state index contributed by atoms with van der Waals surface area (Å²) in [6.07, 6.45) is 6.83. The molecule has 1 aromatic rings. The van der Waals surface area contributed by atoms with Gasteiger partial charge in [-0.3, -0.25) is 4.90 Å². The van der Waals surface area contributed by atoms with E-state index >= 15 is 0 Å². The van der Waals surface area contributed by atoms with Crippen LogP contribution in [0.5, 0.6) is 5.75 Å². The molecule has 2 aliphatic heterocycles. The SMILES string of the molecule is CCCN(C1CCN(C(=O)N2CCOCC2)CC1)C1CCc2ccc(OC)cc2C1. The highest BCUT2D eigenvalue weighted by atomic mass is 16.5. The first-order chi connectivity index (χ1) is 14.7. The van der Waals surface area contributed by atoms with Crippen molar-refractivity contribution in [1.82, 2.24) is 14.7 Å². The Kier molecular flexibility index (Phi) is 7.16. The highest BCUT2D eigenvalue weighted by Gasteiger charge is 2.33. The van der Waals surface area contributed by atoms with Gasteiger partial charge in [-0.2, -0.15) is 0 Å². The second-order valence-electron chi connectivity index (χ2n) is 8.87. The fraction of sp³-hybridized carbons (Fsp3) is 0.708. The first-order valence-corrected chi connectivity index (χ1v) is 11.7. The number of carbonyl (C=O) groups excluding carboxylic acids is 1. The van der Waals surface area contributed by atoms with E-state index in [2.05, 4.69) is 34.9 Å². The van der Waals surface area contributed by atoms with E-state index in [0.29, 0.717) is 25.3 Å². The Bertz CT molecular complexity index is 712. The topological polar surface area (TPSA) is 45.2 Å². The number of carbonyl (C=O) groups is 1. The number of nitrogens with zero attached hydrogens (tertiary/aromatic N) is 3. The molecule has 0 saturated carbocycles. The molecule has 0 bridgehead atoms. The minimum atomic E-state index is 0.206. The molecule has 1 unspecified atom stereocenters. The van der Waals surface area contributed by atoms with E-state index < -0.39 is 0 Å². The van der Waals surface area contributed by atoms with Crippen molar-refractivity contribution in [2.45, 2.75) is 57.5 Å². The maximum absolute atomic E-state index is 12.8. The van der Waals surface area contributed by atoms with E-state index in [-0.39, 0.29) is 6.03 Å². The number of hydrogen-bond acceptors (Lipinski definition) is 4. The van der Waals surface area contributed by atoms with Crippen molar-refractivity contribution in [1.29, 1.82) is 0 Å². The molecule has 0 radical (unpaired) electrons. The minimum Gasteiger partial charge on any atom is -0.497 e. The summed E-state index contributed by atoms with van der Waals surface area (Å²) >= 11 is 0. The molecule has 0 aromatic heterocycles. The standard InChI is InChI=1S/C24H37N3O3/c1-3-10-27(22-6-4-19-5-7-23(29-2)18-20(19)17-22)21-8-11-25(12-9-21)24(28)26-13-15-30-16-14-26/h5,7,18,21-22H,3-4,6,8-17H2,1-2H3. The summed E-state index contributed by atoms with van der Waals surface area (Å²) in [6.45, 7) is 7.96. The van der Waals surface area contributed by atoms with Crippen LogP contribution in [0.3, 0.4) is 0 Å². The number of rotatable bonds is 5. The summed E-state index contributed by atoms with van der Waals surface area (Å²) < 4.78 is 10.9. The molecule has 3 aliphatic rings. The van der Waals surface area contributed by atoms with Crippen LogP contribution in [0.4, 0.5) is 4.79 Å². The molecule has 166 valence electrons. The number of hydrogen-bond donors (Lipinski definition) is 0. The first-order valence-electron chi connectivity index (χ1n) is 11.7. The normalized spacial score (nSPS) is 22.8. The summed E-state index contributed by atoms with van der Waals surface area (Å²) in [5.74, 6) is 0.964. The van der Waals surface area contributed by atoms with Gasteiger partial charge in [0, 0.05) is 38.3 Å². The Morgan fingerprint density at radius 1 is 1.07 bits per heavy atom. The molecule has 30 heavy (non-hydrogen) atoms.